The van der Waals surface area contributed by atoms with Gasteiger partial charge in [0.2, 0.25) is 5.91 Å². The molecule has 2 rings (SSSR count). The summed E-state index contributed by atoms with van der Waals surface area (Å²) in [6, 6.07) is 7.50. The molecule has 0 saturated heterocycles. The summed E-state index contributed by atoms with van der Waals surface area (Å²) in [7, 11) is 0. The summed E-state index contributed by atoms with van der Waals surface area (Å²) in [6.45, 7) is 5.49. The Balaban J connectivity index is 2.15. The van der Waals surface area contributed by atoms with E-state index in [1.54, 1.807) is 12.1 Å². The number of amides is 1. The maximum absolute atomic E-state index is 11.0. The standard InChI is InChI=1S/C15H20N6O/c1-9(2)19-14-13(16)15(18-8-17-14)21-12-6-4-11(5-7-12)20-10(3)22/h4-9H,16H2,1-3H3,(H,20,22)(H2,17,18,19,21). The molecular formula is C15H20N6O. The first-order valence-corrected chi connectivity index (χ1v) is 6.97. The summed E-state index contributed by atoms with van der Waals surface area (Å²) in [5, 5.41) is 9.01. The van der Waals surface area contributed by atoms with E-state index in [1.165, 1.54) is 13.3 Å². The van der Waals surface area contributed by atoms with E-state index in [9.17, 15) is 4.79 Å². The van der Waals surface area contributed by atoms with Crippen molar-refractivity contribution < 1.29 is 4.79 Å². The molecule has 0 aliphatic rings. The number of nitrogens with zero attached hydrogens (tertiary/aromatic N) is 2. The lowest BCUT2D eigenvalue weighted by Gasteiger charge is -2.14. The van der Waals surface area contributed by atoms with Crippen molar-refractivity contribution in [2.45, 2.75) is 26.8 Å². The predicted molar refractivity (Wildman–Crippen MR) is 89.2 cm³/mol. The molecule has 1 amide bonds. The van der Waals surface area contributed by atoms with E-state index in [0.717, 1.165) is 11.4 Å². The molecule has 116 valence electrons. The Morgan fingerprint density at radius 2 is 1.68 bits per heavy atom. The zero-order chi connectivity index (χ0) is 16.1. The van der Waals surface area contributed by atoms with Crippen LogP contribution in [0.3, 0.4) is 0 Å². The lowest BCUT2D eigenvalue weighted by Crippen LogP contribution is -2.14. The third-order valence-corrected chi connectivity index (χ3v) is 2.78. The maximum Gasteiger partial charge on any atom is 0.221 e. The molecular weight excluding hydrogens is 280 g/mol. The predicted octanol–water partition coefficient (Wildman–Crippen LogP) is 2.58. The van der Waals surface area contributed by atoms with E-state index in [4.69, 9.17) is 5.73 Å². The molecule has 1 aromatic carbocycles. The molecule has 0 atom stereocenters. The van der Waals surface area contributed by atoms with Gasteiger partial charge >= 0.3 is 0 Å². The van der Waals surface area contributed by atoms with Crippen molar-refractivity contribution in [1.29, 1.82) is 0 Å². The molecule has 1 heterocycles. The molecule has 7 nitrogen and oxygen atoms in total. The Hall–Kier alpha value is -2.83. The van der Waals surface area contributed by atoms with E-state index >= 15 is 0 Å². The Morgan fingerprint density at radius 3 is 2.27 bits per heavy atom. The van der Waals surface area contributed by atoms with Crippen molar-refractivity contribution in [1.82, 2.24) is 9.97 Å². The van der Waals surface area contributed by atoms with Gasteiger partial charge in [0.15, 0.2) is 11.6 Å². The summed E-state index contributed by atoms with van der Waals surface area (Å²) < 4.78 is 0. The van der Waals surface area contributed by atoms with Crippen LogP contribution in [0.2, 0.25) is 0 Å². The fourth-order valence-electron chi connectivity index (χ4n) is 1.86. The van der Waals surface area contributed by atoms with E-state index in [0.29, 0.717) is 17.3 Å². The van der Waals surface area contributed by atoms with Crippen molar-refractivity contribution >= 4 is 34.6 Å². The summed E-state index contributed by atoms with van der Waals surface area (Å²) in [5.41, 5.74) is 8.08. The summed E-state index contributed by atoms with van der Waals surface area (Å²) in [5.74, 6) is 1.03. The number of hydrogen-bond acceptors (Lipinski definition) is 6. The zero-order valence-corrected chi connectivity index (χ0v) is 12.8. The molecule has 0 radical (unpaired) electrons. The summed E-state index contributed by atoms with van der Waals surface area (Å²) in [4.78, 5) is 19.3. The van der Waals surface area contributed by atoms with E-state index < -0.39 is 0 Å². The Kier molecular flexibility index (Phi) is 4.77. The largest absolute Gasteiger partial charge is 0.393 e. The monoisotopic (exact) mass is 300 g/mol. The lowest BCUT2D eigenvalue weighted by atomic mass is 10.2. The summed E-state index contributed by atoms with van der Waals surface area (Å²) in [6.07, 6.45) is 1.45. The molecule has 0 aliphatic heterocycles. The molecule has 1 aromatic heterocycles. The van der Waals surface area contributed by atoms with Crippen molar-refractivity contribution in [3.8, 4) is 0 Å². The number of carbonyl (C=O) groups is 1. The van der Waals surface area contributed by atoms with Crippen LogP contribution in [-0.4, -0.2) is 21.9 Å². The number of benzene rings is 1. The van der Waals surface area contributed by atoms with E-state index in [-0.39, 0.29) is 11.9 Å². The minimum absolute atomic E-state index is 0.106. The average molecular weight is 300 g/mol. The molecule has 2 aromatic rings. The van der Waals surface area contributed by atoms with Gasteiger partial charge in [0, 0.05) is 24.3 Å². The van der Waals surface area contributed by atoms with E-state index in [2.05, 4.69) is 25.9 Å². The number of aromatic nitrogens is 2. The minimum Gasteiger partial charge on any atom is -0.393 e. The van der Waals surface area contributed by atoms with Gasteiger partial charge in [0.25, 0.3) is 0 Å². The van der Waals surface area contributed by atoms with Crippen LogP contribution < -0.4 is 21.7 Å². The molecule has 0 saturated carbocycles. The third kappa shape index (κ3) is 4.08. The second-order valence-electron chi connectivity index (χ2n) is 5.17. The van der Waals surface area contributed by atoms with Crippen LogP contribution in [-0.2, 0) is 4.79 Å². The fraction of sp³-hybridized carbons (Fsp3) is 0.267. The van der Waals surface area contributed by atoms with Gasteiger partial charge in [-0.3, -0.25) is 4.79 Å². The normalized spacial score (nSPS) is 10.4. The van der Waals surface area contributed by atoms with Crippen LogP contribution in [0.4, 0.5) is 28.7 Å². The molecule has 22 heavy (non-hydrogen) atoms. The topological polar surface area (TPSA) is 105 Å². The fourth-order valence-corrected chi connectivity index (χ4v) is 1.86. The van der Waals surface area contributed by atoms with Gasteiger partial charge in [-0.05, 0) is 38.1 Å². The molecule has 0 fully saturated rings. The Morgan fingerprint density at radius 1 is 1.09 bits per heavy atom. The van der Waals surface area contributed by atoms with Crippen LogP contribution >= 0.6 is 0 Å². The number of nitrogens with two attached hydrogens (primary N) is 1. The number of carbonyl (C=O) groups excluding carboxylic acids is 1. The number of nitrogen functional groups attached to an aromatic ring is 1. The smallest absolute Gasteiger partial charge is 0.221 e. The lowest BCUT2D eigenvalue weighted by molar-refractivity contribution is -0.114. The molecule has 5 N–H and O–H groups in total. The first kappa shape index (κ1) is 15.6. The first-order valence-electron chi connectivity index (χ1n) is 6.97. The number of anilines is 5. The Bertz CT molecular complexity index is 654. The van der Waals surface area contributed by atoms with Crippen LogP contribution in [0.5, 0.6) is 0 Å². The van der Waals surface area contributed by atoms with Gasteiger partial charge < -0.3 is 21.7 Å². The highest BCUT2D eigenvalue weighted by molar-refractivity contribution is 5.89. The van der Waals surface area contributed by atoms with Gasteiger partial charge in [-0.2, -0.15) is 0 Å². The maximum atomic E-state index is 11.0. The second-order valence-corrected chi connectivity index (χ2v) is 5.17. The van der Waals surface area contributed by atoms with Crippen molar-refractivity contribution in [3.63, 3.8) is 0 Å². The number of hydrogen-bond donors (Lipinski definition) is 4. The van der Waals surface area contributed by atoms with Crippen LogP contribution in [0, 0.1) is 0 Å². The Labute approximate surface area is 129 Å². The zero-order valence-electron chi connectivity index (χ0n) is 12.8. The highest BCUT2D eigenvalue weighted by Crippen LogP contribution is 2.26. The van der Waals surface area contributed by atoms with Gasteiger partial charge in [-0.25, -0.2) is 9.97 Å². The highest BCUT2D eigenvalue weighted by atomic mass is 16.1. The van der Waals surface area contributed by atoms with E-state index in [1.807, 2.05) is 26.0 Å². The van der Waals surface area contributed by atoms with Gasteiger partial charge in [0.05, 0.1) is 0 Å². The summed E-state index contributed by atoms with van der Waals surface area (Å²) >= 11 is 0. The minimum atomic E-state index is -0.106. The first-order chi connectivity index (χ1) is 10.5. The van der Waals surface area contributed by atoms with Gasteiger partial charge in [-0.1, -0.05) is 0 Å². The SMILES string of the molecule is CC(=O)Nc1ccc(Nc2ncnc(NC(C)C)c2N)cc1. The van der Waals surface area contributed by atoms with Crippen molar-refractivity contribution in [3.05, 3.63) is 30.6 Å². The quantitative estimate of drug-likeness (QED) is 0.676. The van der Waals surface area contributed by atoms with Crippen LogP contribution in [0.25, 0.3) is 0 Å². The molecule has 0 spiro atoms. The molecule has 0 aliphatic carbocycles. The van der Waals surface area contributed by atoms with Gasteiger partial charge in [0.1, 0.15) is 12.0 Å². The number of rotatable bonds is 5. The number of nitrogens with one attached hydrogen (secondary N) is 3. The molecule has 0 bridgehead atoms. The molecule has 0 unspecified atom stereocenters. The van der Waals surface area contributed by atoms with Crippen LogP contribution in [0.1, 0.15) is 20.8 Å². The van der Waals surface area contributed by atoms with Crippen LogP contribution in [0.15, 0.2) is 30.6 Å². The second kappa shape index (κ2) is 6.75. The average Bonchev–Trinajstić information content (AvgIpc) is 2.44. The molecule has 7 heteroatoms. The van der Waals surface area contributed by atoms with Gasteiger partial charge in [-0.15, -0.1) is 0 Å². The highest BCUT2D eigenvalue weighted by Gasteiger charge is 2.09. The van der Waals surface area contributed by atoms with Crippen molar-refractivity contribution in [2.24, 2.45) is 0 Å². The van der Waals surface area contributed by atoms with Crippen molar-refractivity contribution in [2.75, 3.05) is 21.7 Å². The third-order valence-electron chi connectivity index (χ3n) is 2.78.